The molecule has 0 aromatic heterocycles. The van der Waals surface area contributed by atoms with E-state index in [1.54, 1.807) is 19.3 Å². The molecule has 2 saturated heterocycles. The number of hydrogen-bond donors (Lipinski definition) is 2. The first-order valence-electron chi connectivity index (χ1n) is 10.4. The van der Waals surface area contributed by atoms with E-state index in [1.165, 1.54) is 58.3 Å². The summed E-state index contributed by atoms with van der Waals surface area (Å²) in [6.07, 6.45) is 12.0. The minimum Gasteiger partial charge on any atom is -0.473 e. The molecule has 148 valence electrons. The van der Waals surface area contributed by atoms with E-state index in [1.807, 2.05) is 0 Å². The van der Waals surface area contributed by atoms with Crippen LogP contribution in [0.3, 0.4) is 0 Å². The van der Waals surface area contributed by atoms with Crippen molar-refractivity contribution < 1.29 is 19.8 Å². The van der Waals surface area contributed by atoms with Gasteiger partial charge in [0.05, 0.1) is 0 Å². The van der Waals surface area contributed by atoms with Gasteiger partial charge in [0.25, 0.3) is 0 Å². The van der Waals surface area contributed by atoms with Gasteiger partial charge >= 0.3 is 11.9 Å². The van der Waals surface area contributed by atoms with Gasteiger partial charge in [-0.05, 0) is 88.9 Å². The summed E-state index contributed by atoms with van der Waals surface area (Å²) in [4.78, 5) is 23.9. The summed E-state index contributed by atoms with van der Waals surface area (Å²) >= 11 is 0. The highest BCUT2D eigenvalue weighted by Crippen LogP contribution is 2.47. The van der Waals surface area contributed by atoms with Gasteiger partial charge in [-0.3, -0.25) is 4.90 Å². The number of aliphatic carboxylic acids is 2. The Kier molecular flexibility index (Phi) is 6.56. The van der Waals surface area contributed by atoms with Gasteiger partial charge in [0.1, 0.15) is 0 Å². The van der Waals surface area contributed by atoms with Crippen molar-refractivity contribution in [1.82, 2.24) is 9.80 Å². The molecule has 0 radical (unpaired) electrons. The van der Waals surface area contributed by atoms with Crippen LogP contribution in [0.15, 0.2) is 0 Å². The number of rotatable bonds is 2. The predicted octanol–water partition coefficient (Wildman–Crippen LogP) is 2.53. The smallest absolute Gasteiger partial charge is 0.414 e. The summed E-state index contributed by atoms with van der Waals surface area (Å²) in [5.41, 5.74) is 0. The Bertz CT molecular complexity index is 484. The number of carboxylic acid groups (broad SMARTS) is 2. The van der Waals surface area contributed by atoms with Crippen LogP contribution in [0, 0.1) is 17.8 Å². The van der Waals surface area contributed by atoms with E-state index in [4.69, 9.17) is 19.8 Å². The normalized spacial score (nSPS) is 33.7. The third kappa shape index (κ3) is 4.77. The lowest BCUT2D eigenvalue weighted by Crippen LogP contribution is -2.50. The van der Waals surface area contributed by atoms with Crippen molar-refractivity contribution in [2.75, 3.05) is 26.2 Å². The number of hydrogen-bond acceptors (Lipinski definition) is 4. The Hall–Kier alpha value is -1.14. The minimum absolute atomic E-state index is 0.914. The zero-order valence-corrected chi connectivity index (χ0v) is 16.0. The Morgan fingerprint density at radius 3 is 1.81 bits per heavy atom. The molecule has 4 aliphatic rings. The Morgan fingerprint density at radius 1 is 0.769 bits per heavy atom. The number of piperidine rings is 2. The maximum absolute atomic E-state index is 9.10. The summed E-state index contributed by atoms with van der Waals surface area (Å²) in [7, 11) is 0. The largest absolute Gasteiger partial charge is 0.473 e. The minimum atomic E-state index is -1.82. The third-order valence-electron chi connectivity index (χ3n) is 7.19. The van der Waals surface area contributed by atoms with Crippen LogP contribution in [0.4, 0.5) is 0 Å². The van der Waals surface area contributed by atoms with Crippen LogP contribution in [0.1, 0.15) is 58.3 Å². The maximum atomic E-state index is 9.10. The zero-order chi connectivity index (χ0) is 18.7. The molecule has 0 aromatic carbocycles. The van der Waals surface area contributed by atoms with E-state index in [0.717, 1.165) is 29.8 Å². The molecule has 2 bridgehead atoms. The molecule has 3 atom stereocenters. The van der Waals surface area contributed by atoms with Gasteiger partial charge in [-0.2, -0.15) is 0 Å². The molecule has 3 unspecified atom stereocenters. The fraction of sp³-hybridized carbons (Fsp3) is 0.900. The maximum Gasteiger partial charge on any atom is 0.414 e. The molecule has 6 nitrogen and oxygen atoms in total. The average Bonchev–Trinajstić information content (AvgIpc) is 3.26. The molecule has 6 heteroatoms. The summed E-state index contributed by atoms with van der Waals surface area (Å²) in [6, 6.07) is 1.90. The van der Waals surface area contributed by atoms with Crippen LogP contribution in [0.5, 0.6) is 0 Å². The highest BCUT2D eigenvalue weighted by atomic mass is 16.4. The van der Waals surface area contributed by atoms with Gasteiger partial charge in [-0.1, -0.05) is 13.3 Å². The highest BCUT2D eigenvalue weighted by molar-refractivity contribution is 6.27. The lowest BCUT2D eigenvalue weighted by Gasteiger charge is -2.44. The van der Waals surface area contributed by atoms with E-state index in [2.05, 4.69) is 16.7 Å². The van der Waals surface area contributed by atoms with Crippen LogP contribution in [-0.4, -0.2) is 70.2 Å². The van der Waals surface area contributed by atoms with Crippen molar-refractivity contribution in [1.29, 1.82) is 0 Å². The second-order valence-electron chi connectivity index (χ2n) is 8.84. The molecular formula is C20H34N2O4. The molecule has 2 aliphatic heterocycles. The molecule has 0 aromatic rings. The van der Waals surface area contributed by atoms with Crippen molar-refractivity contribution in [2.24, 2.45) is 17.8 Å². The van der Waals surface area contributed by atoms with Gasteiger partial charge in [0.2, 0.25) is 0 Å². The predicted molar refractivity (Wildman–Crippen MR) is 99.1 cm³/mol. The van der Waals surface area contributed by atoms with E-state index >= 15 is 0 Å². The van der Waals surface area contributed by atoms with Gasteiger partial charge < -0.3 is 15.1 Å². The van der Waals surface area contributed by atoms with Crippen molar-refractivity contribution >= 4 is 11.9 Å². The first-order valence-corrected chi connectivity index (χ1v) is 10.4. The Morgan fingerprint density at radius 2 is 1.35 bits per heavy atom. The quantitative estimate of drug-likeness (QED) is 0.731. The first-order chi connectivity index (χ1) is 12.4. The van der Waals surface area contributed by atoms with Gasteiger partial charge in [-0.15, -0.1) is 0 Å². The van der Waals surface area contributed by atoms with Crippen LogP contribution in [-0.2, 0) is 9.59 Å². The van der Waals surface area contributed by atoms with Gasteiger partial charge in [0.15, 0.2) is 0 Å². The molecule has 2 aliphatic carbocycles. The van der Waals surface area contributed by atoms with Gasteiger partial charge in [0, 0.05) is 12.1 Å². The standard InChI is InChI=1S/C18H32N2.C2H2O4/c1-14-4-8-19(9-5-14)17-6-10-20(11-7-17)18-13-15-2-3-16(18)12-15;3-1(4)2(5)6/h14-18H,2-13H2,1H3;(H,3,4)(H,5,6). The highest BCUT2D eigenvalue weighted by Gasteiger charge is 2.43. The molecule has 2 saturated carbocycles. The Labute approximate surface area is 156 Å². The number of fused-ring (bicyclic) bond motifs is 2. The number of nitrogens with zero attached hydrogens (tertiary/aromatic N) is 2. The third-order valence-corrected chi connectivity index (χ3v) is 7.19. The summed E-state index contributed by atoms with van der Waals surface area (Å²) in [6.45, 7) is 7.96. The van der Waals surface area contributed by atoms with Crippen molar-refractivity contribution in [3.05, 3.63) is 0 Å². The summed E-state index contributed by atoms with van der Waals surface area (Å²) in [5, 5.41) is 14.8. The van der Waals surface area contributed by atoms with E-state index < -0.39 is 11.9 Å². The van der Waals surface area contributed by atoms with Crippen molar-refractivity contribution in [2.45, 2.75) is 70.4 Å². The SMILES string of the molecule is CC1CCN(C2CCN(C3CC4CCC3C4)CC2)CC1.O=C(O)C(=O)O. The first kappa shape index (κ1) is 19.6. The number of carboxylic acids is 2. The molecule has 0 amide bonds. The molecule has 26 heavy (non-hydrogen) atoms. The molecule has 2 heterocycles. The van der Waals surface area contributed by atoms with E-state index in [9.17, 15) is 0 Å². The second-order valence-corrected chi connectivity index (χ2v) is 8.84. The lowest BCUT2D eigenvalue weighted by atomic mass is 9.90. The summed E-state index contributed by atoms with van der Waals surface area (Å²) < 4.78 is 0. The number of likely N-dealkylation sites (tertiary alicyclic amines) is 2. The van der Waals surface area contributed by atoms with Crippen LogP contribution < -0.4 is 0 Å². The van der Waals surface area contributed by atoms with Gasteiger partial charge in [-0.25, -0.2) is 9.59 Å². The monoisotopic (exact) mass is 366 g/mol. The topological polar surface area (TPSA) is 81.1 Å². The summed E-state index contributed by atoms with van der Waals surface area (Å²) in [5.74, 6) is -0.496. The molecule has 0 spiro atoms. The van der Waals surface area contributed by atoms with Crippen LogP contribution >= 0.6 is 0 Å². The fourth-order valence-electron chi connectivity index (χ4n) is 5.63. The molecule has 2 N–H and O–H groups in total. The second kappa shape index (κ2) is 8.70. The molecule has 4 fully saturated rings. The number of carbonyl (C=O) groups is 2. The lowest BCUT2D eigenvalue weighted by molar-refractivity contribution is -0.159. The molecular weight excluding hydrogens is 332 g/mol. The molecule has 4 rings (SSSR count). The average molecular weight is 367 g/mol. The van der Waals surface area contributed by atoms with Crippen molar-refractivity contribution in [3.63, 3.8) is 0 Å². The van der Waals surface area contributed by atoms with E-state index in [-0.39, 0.29) is 0 Å². The Balaban J connectivity index is 0.000000286. The van der Waals surface area contributed by atoms with E-state index in [0.29, 0.717) is 0 Å². The van der Waals surface area contributed by atoms with Crippen LogP contribution in [0.2, 0.25) is 0 Å². The zero-order valence-electron chi connectivity index (χ0n) is 16.0. The van der Waals surface area contributed by atoms with Crippen LogP contribution in [0.25, 0.3) is 0 Å². The fourth-order valence-corrected chi connectivity index (χ4v) is 5.63. The van der Waals surface area contributed by atoms with Crippen molar-refractivity contribution in [3.8, 4) is 0 Å².